The van der Waals surface area contributed by atoms with E-state index in [1.54, 1.807) is 73.2 Å². The second-order valence-electron chi connectivity index (χ2n) is 16.8. The smallest absolute Gasteiger partial charge is 0.408 e. The number of carbonyl (C=O) groups excluding carboxylic acids is 4. The second-order valence-corrected chi connectivity index (χ2v) is 18.7. The molecule has 3 fully saturated rings. The van der Waals surface area contributed by atoms with Crippen LogP contribution in [0.3, 0.4) is 0 Å². The summed E-state index contributed by atoms with van der Waals surface area (Å²) >= 11 is 0. The molecule has 15 nitrogen and oxygen atoms in total. The van der Waals surface area contributed by atoms with Gasteiger partial charge in [0.05, 0.1) is 24.6 Å². The van der Waals surface area contributed by atoms with E-state index in [0.717, 1.165) is 10.9 Å². The highest BCUT2D eigenvalue weighted by atomic mass is 32.2. The maximum Gasteiger partial charge on any atom is 0.408 e. The van der Waals surface area contributed by atoms with Crippen molar-refractivity contribution >= 4 is 44.6 Å². The molecule has 2 aromatic heterocycles. The maximum absolute atomic E-state index is 14.6. The fraction of sp³-hybridized carbons (Fsp3) is 0.500. The Morgan fingerprint density at radius 1 is 1.07 bits per heavy atom. The molecule has 56 heavy (non-hydrogen) atoms. The zero-order chi connectivity index (χ0) is 40.8. The first-order valence-corrected chi connectivity index (χ1v) is 20.2. The number of nitrogens with one attached hydrogen (secondary N) is 3. The van der Waals surface area contributed by atoms with Crippen LogP contribution in [0.15, 0.2) is 61.4 Å². The van der Waals surface area contributed by atoms with Gasteiger partial charge in [-0.15, -0.1) is 6.58 Å². The van der Waals surface area contributed by atoms with Gasteiger partial charge in [0.15, 0.2) is 0 Å². The molecule has 3 heterocycles. The van der Waals surface area contributed by atoms with Gasteiger partial charge in [-0.05, 0) is 87.2 Å². The van der Waals surface area contributed by atoms with Gasteiger partial charge in [0, 0.05) is 35.7 Å². The molecule has 0 unspecified atom stereocenters. The Balaban J connectivity index is 1.34. The number of hydrogen-bond donors (Lipinski definition) is 3. The van der Waals surface area contributed by atoms with Crippen molar-refractivity contribution in [3.8, 4) is 22.9 Å². The van der Waals surface area contributed by atoms with Crippen molar-refractivity contribution in [2.24, 2.45) is 11.3 Å². The number of carbonyl (C=O) groups is 4. The van der Waals surface area contributed by atoms with E-state index in [1.807, 2.05) is 24.3 Å². The highest BCUT2D eigenvalue weighted by molar-refractivity contribution is 7.91. The lowest BCUT2D eigenvalue weighted by atomic mass is 9.85. The fourth-order valence-corrected chi connectivity index (χ4v) is 8.24. The molecule has 300 valence electrons. The van der Waals surface area contributed by atoms with Gasteiger partial charge in [0.1, 0.15) is 35.1 Å². The third-order valence-corrected chi connectivity index (χ3v) is 11.9. The predicted octanol–water partition coefficient (Wildman–Crippen LogP) is 4.26. The number of pyridine rings is 2. The quantitative estimate of drug-likeness (QED) is 0.222. The molecule has 3 N–H and O–H groups in total. The number of sulfonamides is 1. The highest BCUT2D eigenvalue weighted by Crippen LogP contribution is 2.46. The topological polar surface area (TPSA) is 195 Å². The van der Waals surface area contributed by atoms with Crippen molar-refractivity contribution in [1.29, 1.82) is 0 Å². The normalized spacial score (nSPS) is 22.8. The van der Waals surface area contributed by atoms with Crippen LogP contribution < -0.4 is 24.8 Å². The summed E-state index contributed by atoms with van der Waals surface area (Å²) in [6, 6.07) is 8.64. The predicted molar refractivity (Wildman–Crippen MR) is 208 cm³/mol. The summed E-state index contributed by atoms with van der Waals surface area (Å²) in [7, 11) is -2.35. The van der Waals surface area contributed by atoms with Crippen molar-refractivity contribution in [1.82, 2.24) is 30.2 Å². The average Bonchev–Trinajstić information content (AvgIpc) is 4.06. The van der Waals surface area contributed by atoms with Crippen LogP contribution in [0.1, 0.15) is 67.2 Å². The van der Waals surface area contributed by atoms with Crippen LogP contribution in [0, 0.1) is 11.3 Å². The molecule has 2 saturated carbocycles. The minimum absolute atomic E-state index is 0.0197. The number of ether oxygens (including phenoxy) is 3. The van der Waals surface area contributed by atoms with Crippen molar-refractivity contribution in [2.75, 3.05) is 13.7 Å². The first-order valence-electron chi connectivity index (χ1n) is 18.6. The van der Waals surface area contributed by atoms with E-state index in [0.29, 0.717) is 29.7 Å². The van der Waals surface area contributed by atoms with E-state index < -0.39 is 79.7 Å². The SMILES string of the molecule is C=C[C@@H]1C[C@]1(NC(=O)[C@@H]1C[C@@H](Oc2nc(-c3cccnc3)cc3cc(OC)ccc23)CN1C(=O)[C@@H](NC(=O)OC(C)(C)C)C(C)(C)C)C(=O)NS(=O)(=O)C1CC1. The molecule has 0 radical (unpaired) electrons. The van der Waals surface area contributed by atoms with E-state index in [2.05, 4.69) is 26.9 Å². The third kappa shape index (κ3) is 8.74. The number of alkyl carbamates (subject to hydrolysis) is 1. The number of aromatic nitrogens is 2. The van der Waals surface area contributed by atoms with Gasteiger partial charge in [0.25, 0.3) is 5.91 Å². The van der Waals surface area contributed by atoms with Crippen molar-refractivity contribution < 1.29 is 41.8 Å². The summed E-state index contributed by atoms with van der Waals surface area (Å²) in [5, 5.41) is 6.28. The molecule has 1 aromatic carbocycles. The van der Waals surface area contributed by atoms with E-state index in [4.69, 9.17) is 19.2 Å². The largest absolute Gasteiger partial charge is 0.497 e. The first kappa shape index (κ1) is 40.4. The van der Waals surface area contributed by atoms with E-state index in [-0.39, 0.29) is 25.3 Å². The molecule has 2 aliphatic carbocycles. The molecule has 3 aliphatic rings. The van der Waals surface area contributed by atoms with Crippen LogP contribution in [-0.4, -0.2) is 95.3 Å². The first-order chi connectivity index (χ1) is 26.2. The summed E-state index contributed by atoms with van der Waals surface area (Å²) < 4.78 is 45.2. The van der Waals surface area contributed by atoms with E-state index in [9.17, 15) is 27.6 Å². The minimum atomic E-state index is -3.92. The lowest BCUT2D eigenvalue weighted by Gasteiger charge is -2.36. The summed E-state index contributed by atoms with van der Waals surface area (Å²) in [5.41, 5.74) is -1.96. The molecule has 5 atom stereocenters. The summed E-state index contributed by atoms with van der Waals surface area (Å²) in [6.07, 6.45) is 4.23. The number of benzene rings is 1. The van der Waals surface area contributed by atoms with Crippen LogP contribution in [0.4, 0.5) is 4.79 Å². The van der Waals surface area contributed by atoms with Gasteiger partial charge in [-0.25, -0.2) is 18.2 Å². The van der Waals surface area contributed by atoms with Crippen molar-refractivity contribution in [3.63, 3.8) is 0 Å². The number of hydrogen-bond acceptors (Lipinski definition) is 11. The Bertz CT molecular complexity index is 2150. The van der Waals surface area contributed by atoms with Gasteiger partial charge in [-0.3, -0.25) is 24.1 Å². The van der Waals surface area contributed by atoms with Crippen LogP contribution >= 0.6 is 0 Å². The Kier molecular flexibility index (Phi) is 10.8. The number of rotatable bonds is 12. The monoisotopic (exact) mass is 790 g/mol. The average molecular weight is 791 g/mol. The lowest BCUT2D eigenvalue weighted by Crippen LogP contribution is -2.60. The number of methoxy groups -OCH3 is 1. The third-order valence-electron chi connectivity index (χ3n) is 10.1. The van der Waals surface area contributed by atoms with Crippen LogP contribution in [0.25, 0.3) is 22.0 Å². The highest BCUT2D eigenvalue weighted by Gasteiger charge is 2.62. The van der Waals surface area contributed by atoms with Crippen LogP contribution in [-0.2, 0) is 29.1 Å². The Hall–Kier alpha value is -5.25. The molecular formula is C40H50N6O9S. The maximum atomic E-state index is 14.6. The van der Waals surface area contributed by atoms with Gasteiger partial charge < -0.3 is 29.7 Å². The molecule has 4 amide bonds. The number of fused-ring (bicyclic) bond motifs is 1. The van der Waals surface area contributed by atoms with Gasteiger partial charge in [-0.2, -0.15) is 0 Å². The number of amides is 4. The Morgan fingerprint density at radius 3 is 2.39 bits per heavy atom. The van der Waals surface area contributed by atoms with Crippen LogP contribution in [0.2, 0.25) is 0 Å². The van der Waals surface area contributed by atoms with E-state index in [1.165, 1.54) is 11.0 Å². The molecule has 1 aliphatic heterocycles. The summed E-state index contributed by atoms with van der Waals surface area (Å²) in [5.74, 6) is -1.80. The zero-order valence-corrected chi connectivity index (χ0v) is 33.6. The number of nitrogens with zero attached hydrogens (tertiary/aromatic N) is 3. The molecule has 0 bridgehead atoms. The summed E-state index contributed by atoms with van der Waals surface area (Å²) in [4.78, 5) is 66.1. The molecule has 3 aromatic rings. The minimum Gasteiger partial charge on any atom is -0.497 e. The lowest BCUT2D eigenvalue weighted by molar-refractivity contribution is -0.143. The second kappa shape index (κ2) is 15.0. The van der Waals surface area contributed by atoms with Gasteiger partial charge in [-0.1, -0.05) is 26.8 Å². The fourth-order valence-electron chi connectivity index (χ4n) is 6.88. The number of likely N-dealkylation sites (tertiary alicyclic amines) is 1. The van der Waals surface area contributed by atoms with Crippen LogP contribution in [0.5, 0.6) is 11.6 Å². The molecule has 6 rings (SSSR count). The molecule has 0 spiro atoms. The Labute approximate surface area is 327 Å². The zero-order valence-electron chi connectivity index (χ0n) is 32.7. The molecule has 16 heteroatoms. The van der Waals surface area contributed by atoms with Gasteiger partial charge in [0.2, 0.25) is 27.7 Å². The van der Waals surface area contributed by atoms with Gasteiger partial charge >= 0.3 is 6.09 Å². The molecular weight excluding hydrogens is 741 g/mol. The molecule has 1 saturated heterocycles. The van der Waals surface area contributed by atoms with Crippen molar-refractivity contribution in [2.45, 2.75) is 102 Å². The summed E-state index contributed by atoms with van der Waals surface area (Å²) in [6.45, 7) is 14.1. The Morgan fingerprint density at radius 2 is 1.80 bits per heavy atom. The standard InChI is InChI=1S/C40H50N6O9S/c1-9-25-20-40(25,36(49)45-56(51,52)28-13-14-28)44-33(47)31-19-27(22-46(31)35(48)32(38(2,3)4)43-37(50)55-39(5,6)7)54-34-29-15-12-26(53-8)17-24(29)18-30(42-34)23-11-10-16-41-21-23/h9-12,15-18,21,25,27-28,31-32H,1,13-14,19-20,22H2,2-8H3,(H,43,50)(H,44,47)(H,45,49)/t25-,27-,31+,32-,40-/m1/s1. The van der Waals surface area contributed by atoms with Crippen molar-refractivity contribution in [3.05, 3.63) is 61.4 Å². The van der Waals surface area contributed by atoms with E-state index >= 15 is 0 Å².